The molecule has 6 heteroatoms. The molecule has 0 aromatic heterocycles. The number of nitrogens with two attached hydrogens (primary N) is 2. The number of amides is 1. The number of ether oxygens (including phenoxy) is 2. The van der Waals surface area contributed by atoms with Gasteiger partial charge >= 0.3 is 0 Å². The summed E-state index contributed by atoms with van der Waals surface area (Å²) in [6.07, 6.45) is 0.123. The second kappa shape index (κ2) is 6.32. The van der Waals surface area contributed by atoms with Gasteiger partial charge < -0.3 is 20.9 Å². The van der Waals surface area contributed by atoms with Crippen molar-refractivity contribution in [3.63, 3.8) is 0 Å². The number of hydrogen-bond acceptors (Lipinski definition) is 4. The molecule has 0 heterocycles. The average molecular weight is 259 g/mol. The summed E-state index contributed by atoms with van der Waals surface area (Å²) in [7, 11) is 1.51. The van der Waals surface area contributed by atoms with Crippen LogP contribution < -0.4 is 20.9 Å². The minimum absolute atomic E-state index is 0.123. The standard InChI is InChI=1S/C11H15ClN2O3/c1-16-9-5-7(6-13)4-8(12)11(9)17-3-2-10(14)15/h4-5H,2-3,6,13H2,1H3,(H2,14,15). The van der Waals surface area contributed by atoms with Crippen LogP contribution in [0.1, 0.15) is 12.0 Å². The maximum atomic E-state index is 10.6. The summed E-state index contributed by atoms with van der Waals surface area (Å²) in [5.41, 5.74) is 11.4. The van der Waals surface area contributed by atoms with Crippen molar-refractivity contribution in [2.45, 2.75) is 13.0 Å². The van der Waals surface area contributed by atoms with Gasteiger partial charge in [0, 0.05) is 6.54 Å². The highest BCUT2D eigenvalue weighted by Gasteiger charge is 2.11. The van der Waals surface area contributed by atoms with Gasteiger partial charge in [-0.25, -0.2) is 0 Å². The van der Waals surface area contributed by atoms with Crippen LogP contribution >= 0.6 is 11.6 Å². The predicted octanol–water partition coefficient (Wildman–Crippen LogP) is 1.06. The molecule has 1 amide bonds. The molecule has 0 saturated carbocycles. The lowest BCUT2D eigenvalue weighted by Gasteiger charge is -2.13. The zero-order valence-corrected chi connectivity index (χ0v) is 10.3. The fraction of sp³-hybridized carbons (Fsp3) is 0.364. The summed E-state index contributed by atoms with van der Waals surface area (Å²) < 4.78 is 10.5. The predicted molar refractivity (Wildman–Crippen MR) is 65.2 cm³/mol. The van der Waals surface area contributed by atoms with Gasteiger partial charge in [0.25, 0.3) is 0 Å². The van der Waals surface area contributed by atoms with Crippen LogP contribution in [-0.4, -0.2) is 19.6 Å². The maximum absolute atomic E-state index is 10.6. The van der Waals surface area contributed by atoms with E-state index in [0.717, 1.165) is 5.56 Å². The van der Waals surface area contributed by atoms with Crippen molar-refractivity contribution >= 4 is 17.5 Å². The second-order valence-electron chi connectivity index (χ2n) is 3.38. The molecule has 5 nitrogen and oxygen atoms in total. The molecule has 0 aliphatic rings. The number of carbonyl (C=O) groups is 1. The number of hydrogen-bond donors (Lipinski definition) is 2. The minimum atomic E-state index is -0.432. The summed E-state index contributed by atoms with van der Waals surface area (Å²) in [5.74, 6) is 0.453. The number of primary amides is 1. The summed E-state index contributed by atoms with van der Waals surface area (Å²) >= 11 is 6.03. The lowest BCUT2D eigenvalue weighted by Crippen LogP contribution is -2.15. The fourth-order valence-electron chi connectivity index (χ4n) is 1.28. The molecule has 0 bridgehead atoms. The van der Waals surface area contributed by atoms with E-state index < -0.39 is 5.91 Å². The highest BCUT2D eigenvalue weighted by atomic mass is 35.5. The SMILES string of the molecule is COc1cc(CN)cc(Cl)c1OCCC(N)=O. The van der Waals surface area contributed by atoms with Gasteiger partial charge in [-0.05, 0) is 17.7 Å². The van der Waals surface area contributed by atoms with E-state index in [1.54, 1.807) is 12.1 Å². The molecule has 0 radical (unpaired) electrons. The van der Waals surface area contributed by atoms with Gasteiger partial charge in [0.05, 0.1) is 25.2 Å². The Bertz CT molecular complexity index is 410. The van der Waals surface area contributed by atoms with Crippen LogP contribution in [-0.2, 0) is 11.3 Å². The Hall–Kier alpha value is -1.46. The number of halogens is 1. The van der Waals surface area contributed by atoms with E-state index >= 15 is 0 Å². The molecular formula is C11H15ClN2O3. The first-order valence-corrected chi connectivity index (χ1v) is 5.43. The van der Waals surface area contributed by atoms with Gasteiger partial charge in [-0.15, -0.1) is 0 Å². The third kappa shape index (κ3) is 3.80. The molecule has 0 spiro atoms. The highest BCUT2D eigenvalue weighted by molar-refractivity contribution is 6.32. The topological polar surface area (TPSA) is 87.6 Å². The van der Waals surface area contributed by atoms with Crippen LogP contribution in [0.25, 0.3) is 0 Å². The first-order chi connectivity index (χ1) is 8.08. The van der Waals surface area contributed by atoms with Crippen molar-refractivity contribution in [1.29, 1.82) is 0 Å². The van der Waals surface area contributed by atoms with Crippen LogP contribution in [0.5, 0.6) is 11.5 Å². The number of carbonyl (C=O) groups excluding carboxylic acids is 1. The van der Waals surface area contributed by atoms with Gasteiger partial charge in [-0.3, -0.25) is 4.79 Å². The molecule has 17 heavy (non-hydrogen) atoms. The third-order valence-corrected chi connectivity index (χ3v) is 2.40. The van der Waals surface area contributed by atoms with Gasteiger partial charge in [0.2, 0.25) is 5.91 Å². The van der Waals surface area contributed by atoms with Crippen molar-refractivity contribution in [1.82, 2.24) is 0 Å². The molecule has 1 aromatic carbocycles. The van der Waals surface area contributed by atoms with E-state index in [2.05, 4.69) is 0 Å². The summed E-state index contributed by atoms with van der Waals surface area (Å²) in [6, 6.07) is 3.44. The van der Waals surface area contributed by atoms with Crippen LogP contribution in [0.2, 0.25) is 5.02 Å². The largest absolute Gasteiger partial charge is 0.493 e. The Morgan fingerprint density at radius 3 is 2.71 bits per heavy atom. The molecular weight excluding hydrogens is 244 g/mol. The zero-order valence-electron chi connectivity index (χ0n) is 9.53. The van der Waals surface area contributed by atoms with E-state index in [1.165, 1.54) is 7.11 Å². The van der Waals surface area contributed by atoms with Gasteiger partial charge in [-0.1, -0.05) is 11.6 Å². The van der Waals surface area contributed by atoms with Crippen molar-refractivity contribution in [2.24, 2.45) is 11.5 Å². The minimum Gasteiger partial charge on any atom is -0.493 e. The molecule has 0 saturated heterocycles. The number of rotatable bonds is 6. The summed E-state index contributed by atoms with van der Waals surface area (Å²) in [5, 5.41) is 0.397. The summed E-state index contributed by atoms with van der Waals surface area (Å²) in [6.45, 7) is 0.519. The Labute approximate surface area is 105 Å². The van der Waals surface area contributed by atoms with Gasteiger partial charge in [-0.2, -0.15) is 0 Å². The van der Waals surface area contributed by atoms with Crippen molar-refractivity contribution in [2.75, 3.05) is 13.7 Å². The van der Waals surface area contributed by atoms with Crippen LogP contribution in [0, 0.1) is 0 Å². The van der Waals surface area contributed by atoms with E-state index in [1.807, 2.05) is 0 Å². The Kier molecular flexibility index (Phi) is 5.06. The lowest BCUT2D eigenvalue weighted by molar-refractivity contribution is -0.118. The quantitative estimate of drug-likeness (QED) is 0.799. The molecule has 4 N–H and O–H groups in total. The first-order valence-electron chi connectivity index (χ1n) is 5.06. The van der Waals surface area contributed by atoms with Gasteiger partial charge in [0.1, 0.15) is 0 Å². The zero-order chi connectivity index (χ0) is 12.8. The molecule has 94 valence electrons. The molecule has 1 aromatic rings. The molecule has 0 aliphatic carbocycles. The van der Waals surface area contributed by atoms with Crippen LogP contribution in [0.4, 0.5) is 0 Å². The maximum Gasteiger partial charge on any atom is 0.220 e. The van der Waals surface area contributed by atoms with E-state index in [9.17, 15) is 4.79 Å². The monoisotopic (exact) mass is 258 g/mol. The Balaban J connectivity index is 2.86. The van der Waals surface area contributed by atoms with Crippen molar-refractivity contribution < 1.29 is 14.3 Å². The fourth-order valence-corrected chi connectivity index (χ4v) is 1.57. The highest BCUT2D eigenvalue weighted by Crippen LogP contribution is 2.36. The lowest BCUT2D eigenvalue weighted by atomic mass is 10.2. The Morgan fingerprint density at radius 1 is 1.47 bits per heavy atom. The second-order valence-corrected chi connectivity index (χ2v) is 3.79. The molecule has 0 unspecified atom stereocenters. The van der Waals surface area contributed by atoms with E-state index in [-0.39, 0.29) is 13.0 Å². The van der Waals surface area contributed by atoms with Crippen molar-refractivity contribution in [3.05, 3.63) is 22.7 Å². The number of benzene rings is 1. The summed E-state index contributed by atoms with van der Waals surface area (Å²) in [4.78, 5) is 10.6. The Morgan fingerprint density at radius 2 is 2.18 bits per heavy atom. The van der Waals surface area contributed by atoms with E-state index in [4.69, 9.17) is 32.5 Å². The third-order valence-electron chi connectivity index (χ3n) is 2.12. The molecule has 1 rings (SSSR count). The van der Waals surface area contributed by atoms with E-state index in [0.29, 0.717) is 23.1 Å². The average Bonchev–Trinajstić information content (AvgIpc) is 2.30. The number of methoxy groups -OCH3 is 1. The van der Waals surface area contributed by atoms with Crippen LogP contribution in [0.15, 0.2) is 12.1 Å². The smallest absolute Gasteiger partial charge is 0.220 e. The van der Waals surface area contributed by atoms with Crippen molar-refractivity contribution in [3.8, 4) is 11.5 Å². The molecule has 0 aliphatic heterocycles. The normalized spacial score (nSPS) is 10.1. The molecule has 0 fully saturated rings. The molecule has 0 atom stereocenters. The first kappa shape index (κ1) is 13.6. The van der Waals surface area contributed by atoms with Crippen LogP contribution in [0.3, 0.4) is 0 Å². The van der Waals surface area contributed by atoms with Gasteiger partial charge in [0.15, 0.2) is 11.5 Å².